The van der Waals surface area contributed by atoms with Gasteiger partial charge in [-0.05, 0) is 61.7 Å². The number of amides is 1. The second kappa shape index (κ2) is 13.7. The van der Waals surface area contributed by atoms with Crippen LogP contribution >= 0.6 is 23.2 Å². The van der Waals surface area contributed by atoms with Gasteiger partial charge in [0, 0.05) is 62.4 Å². The molecule has 0 saturated carbocycles. The Morgan fingerprint density at radius 2 is 1.88 bits per heavy atom. The molecule has 7 rings (SSSR count). The van der Waals surface area contributed by atoms with Gasteiger partial charge in [-0.2, -0.15) is 4.39 Å². The van der Waals surface area contributed by atoms with Gasteiger partial charge < -0.3 is 29.1 Å². The summed E-state index contributed by atoms with van der Waals surface area (Å²) in [6.45, 7) is 3.40. The van der Waals surface area contributed by atoms with E-state index in [1.54, 1.807) is 12.1 Å². The van der Waals surface area contributed by atoms with Gasteiger partial charge in [0.1, 0.15) is 12.4 Å². The molecule has 0 radical (unpaired) electrons. The second-order valence-electron chi connectivity index (χ2n) is 13.1. The van der Waals surface area contributed by atoms with Crippen molar-refractivity contribution in [3.63, 3.8) is 0 Å². The van der Waals surface area contributed by atoms with Crippen molar-refractivity contribution < 1.29 is 23.5 Å². The maximum atomic E-state index is 15.9. The summed E-state index contributed by atoms with van der Waals surface area (Å²) in [5.74, 6) is -0.603. The number of aromatic nitrogens is 2. The number of carbonyl (C=O) groups is 2. The first-order chi connectivity index (χ1) is 23.7. The maximum Gasteiger partial charge on any atom is 0.291 e. The molecule has 9 nitrogen and oxygen atoms in total. The van der Waals surface area contributed by atoms with Gasteiger partial charge in [0.05, 0.1) is 28.5 Å². The van der Waals surface area contributed by atoms with Crippen LogP contribution < -0.4 is 14.8 Å². The number of carbonyl (C=O) groups excluding carboxylic acids is 2. The van der Waals surface area contributed by atoms with E-state index in [-0.39, 0.29) is 28.3 Å². The van der Waals surface area contributed by atoms with Crippen molar-refractivity contribution in [2.24, 2.45) is 13.0 Å². The van der Waals surface area contributed by atoms with E-state index in [4.69, 9.17) is 32.7 Å². The van der Waals surface area contributed by atoms with E-state index >= 15 is 4.39 Å². The van der Waals surface area contributed by atoms with Crippen LogP contribution in [0.2, 0.25) is 10.0 Å². The average molecular weight is 707 g/mol. The molecule has 1 amide bonds. The first-order valence-electron chi connectivity index (χ1n) is 16.5. The van der Waals surface area contributed by atoms with E-state index in [0.29, 0.717) is 54.6 Å². The van der Waals surface area contributed by atoms with Crippen molar-refractivity contribution >= 4 is 41.1 Å². The molecule has 1 aliphatic carbocycles. The molecule has 49 heavy (non-hydrogen) atoms. The summed E-state index contributed by atoms with van der Waals surface area (Å²) in [4.78, 5) is 33.6. The van der Waals surface area contributed by atoms with Crippen molar-refractivity contribution in [2.75, 3.05) is 39.1 Å². The Bertz CT molecular complexity index is 1950. The molecule has 1 aromatic heterocycles. The summed E-state index contributed by atoms with van der Waals surface area (Å²) in [6.07, 6.45) is 3.44. The molecular weight excluding hydrogens is 668 g/mol. The highest BCUT2D eigenvalue weighted by atomic mass is 35.5. The Kier molecular flexibility index (Phi) is 9.41. The predicted molar refractivity (Wildman–Crippen MR) is 187 cm³/mol. The Morgan fingerprint density at radius 3 is 2.65 bits per heavy atom. The molecule has 0 bridgehead atoms. The Hall–Kier alpha value is -3.96. The zero-order chi connectivity index (χ0) is 34.4. The van der Waals surface area contributed by atoms with Gasteiger partial charge in [0.2, 0.25) is 5.82 Å². The molecule has 3 aliphatic rings. The Balaban J connectivity index is 1.12. The van der Waals surface area contributed by atoms with Gasteiger partial charge in [-0.15, -0.1) is 0 Å². The Labute approximate surface area is 294 Å². The summed E-state index contributed by atoms with van der Waals surface area (Å²) < 4.78 is 29.6. The zero-order valence-corrected chi connectivity index (χ0v) is 29.2. The van der Waals surface area contributed by atoms with Gasteiger partial charge >= 0.3 is 0 Å². The molecule has 0 spiro atoms. The van der Waals surface area contributed by atoms with Crippen molar-refractivity contribution in [2.45, 2.75) is 44.9 Å². The molecule has 2 atom stereocenters. The third-order valence-electron chi connectivity index (χ3n) is 9.97. The number of nitrogens with zero attached hydrogens (tertiary/aromatic N) is 4. The van der Waals surface area contributed by atoms with Crippen molar-refractivity contribution in [3.05, 3.63) is 92.2 Å². The van der Waals surface area contributed by atoms with Crippen molar-refractivity contribution in [1.82, 2.24) is 19.4 Å². The number of likely N-dealkylation sites (tertiary alicyclic amines) is 1. The van der Waals surface area contributed by atoms with Crippen LogP contribution in [0.25, 0.3) is 11.1 Å². The minimum absolute atomic E-state index is 0.0169. The third-order valence-corrected chi connectivity index (χ3v) is 10.7. The van der Waals surface area contributed by atoms with E-state index in [0.717, 1.165) is 65.9 Å². The van der Waals surface area contributed by atoms with Crippen molar-refractivity contribution in [3.8, 4) is 22.6 Å². The van der Waals surface area contributed by atoms with Gasteiger partial charge in [-0.25, -0.2) is 4.98 Å². The topological polar surface area (TPSA) is 88.9 Å². The van der Waals surface area contributed by atoms with Crippen LogP contribution in [0.5, 0.6) is 11.5 Å². The fourth-order valence-corrected chi connectivity index (χ4v) is 7.98. The summed E-state index contributed by atoms with van der Waals surface area (Å²) in [5.41, 5.74) is 6.73. The van der Waals surface area contributed by atoms with E-state index in [1.807, 2.05) is 49.0 Å². The highest BCUT2D eigenvalue weighted by molar-refractivity contribution is 6.36. The number of imidazole rings is 1. The minimum atomic E-state index is -0.646. The number of aldehydes is 1. The first-order valence-corrected chi connectivity index (χ1v) is 17.3. The highest BCUT2D eigenvalue weighted by Crippen LogP contribution is 2.46. The van der Waals surface area contributed by atoms with Crippen LogP contribution in [0.4, 0.5) is 10.1 Å². The van der Waals surface area contributed by atoms with Crippen LogP contribution in [-0.2, 0) is 37.8 Å². The SMILES string of the molecule is COc1c(CN2CC[C@H](C=O)C2)cc(Cl)c(OC2CCc3c(-c4cccc(NC(=O)c5nc6c(n5C)CCN(C)C6)c4Cl)cccc32)c1F. The molecule has 3 aromatic carbocycles. The van der Waals surface area contributed by atoms with E-state index < -0.39 is 11.9 Å². The quantitative estimate of drug-likeness (QED) is 0.190. The fourth-order valence-electron chi connectivity index (χ4n) is 7.45. The zero-order valence-electron chi connectivity index (χ0n) is 27.7. The van der Waals surface area contributed by atoms with Crippen LogP contribution in [-0.4, -0.2) is 65.3 Å². The Morgan fingerprint density at radius 1 is 1.08 bits per heavy atom. The lowest BCUT2D eigenvalue weighted by atomic mass is 9.96. The standard InChI is InChI=1S/C37H38Cl2FN5O4/c1-43-14-13-30-29(19-43)41-36(44(30)2)37(47)42-28-9-5-8-26(32(28)39)23-6-4-7-25-24(23)10-11-31(25)49-35-27(38)16-22(34(48-3)33(35)40)18-45-15-12-21(17-45)20-46/h4-9,16,20-21,31H,10-15,17-19H2,1-3H3,(H,42,47)/t21-,31?/m0/s1. The molecule has 3 heterocycles. The minimum Gasteiger partial charge on any atom is -0.493 e. The number of hydrogen-bond donors (Lipinski definition) is 1. The molecule has 1 saturated heterocycles. The largest absolute Gasteiger partial charge is 0.493 e. The predicted octanol–water partition coefficient (Wildman–Crippen LogP) is 6.87. The smallest absolute Gasteiger partial charge is 0.291 e. The highest BCUT2D eigenvalue weighted by Gasteiger charge is 2.32. The number of rotatable bonds is 9. The average Bonchev–Trinajstić information content (AvgIpc) is 3.81. The van der Waals surface area contributed by atoms with Crippen LogP contribution in [0.3, 0.4) is 0 Å². The fraction of sp³-hybridized carbons (Fsp3) is 0.378. The van der Waals surface area contributed by atoms with Crippen LogP contribution in [0, 0.1) is 11.7 Å². The summed E-state index contributed by atoms with van der Waals surface area (Å²) in [5, 5.41) is 3.56. The van der Waals surface area contributed by atoms with Gasteiger partial charge in [-0.3, -0.25) is 9.69 Å². The van der Waals surface area contributed by atoms with Crippen molar-refractivity contribution in [1.29, 1.82) is 0 Å². The lowest BCUT2D eigenvalue weighted by Crippen LogP contribution is -2.27. The van der Waals surface area contributed by atoms with Crippen LogP contribution in [0.15, 0.2) is 42.5 Å². The normalized spacial score (nSPS) is 19.1. The number of benzene rings is 3. The third kappa shape index (κ3) is 6.31. The first kappa shape index (κ1) is 33.5. The van der Waals surface area contributed by atoms with E-state index in [2.05, 4.69) is 20.1 Å². The van der Waals surface area contributed by atoms with E-state index in [1.165, 1.54) is 7.11 Å². The molecule has 4 aromatic rings. The lowest BCUT2D eigenvalue weighted by Gasteiger charge is -2.22. The molecule has 1 unspecified atom stereocenters. The van der Waals surface area contributed by atoms with E-state index in [9.17, 15) is 9.59 Å². The molecular formula is C37H38Cl2FN5O4. The number of fused-ring (bicyclic) bond motifs is 2. The number of methoxy groups -OCH3 is 1. The number of anilines is 1. The number of ether oxygens (including phenoxy) is 2. The number of hydrogen-bond acceptors (Lipinski definition) is 7. The second-order valence-corrected chi connectivity index (χ2v) is 13.9. The molecule has 2 aliphatic heterocycles. The lowest BCUT2D eigenvalue weighted by molar-refractivity contribution is -0.110. The molecule has 256 valence electrons. The molecule has 1 N–H and O–H groups in total. The number of nitrogens with one attached hydrogen (secondary N) is 1. The number of likely N-dealkylation sites (N-methyl/N-ethyl adjacent to an activating group) is 1. The van der Waals surface area contributed by atoms with Gasteiger partial charge in [-0.1, -0.05) is 53.5 Å². The van der Waals surface area contributed by atoms with Gasteiger partial charge in [0.15, 0.2) is 17.3 Å². The maximum absolute atomic E-state index is 15.9. The van der Waals surface area contributed by atoms with Gasteiger partial charge in [0.25, 0.3) is 5.91 Å². The molecule has 12 heteroatoms. The van der Waals surface area contributed by atoms with Crippen LogP contribution in [0.1, 0.15) is 57.6 Å². The summed E-state index contributed by atoms with van der Waals surface area (Å²) >= 11 is 13.6. The summed E-state index contributed by atoms with van der Waals surface area (Å²) in [6, 6.07) is 13.2. The summed E-state index contributed by atoms with van der Waals surface area (Å²) in [7, 11) is 5.35. The molecule has 1 fully saturated rings. The number of halogens is 3. The monoisotopic (exact) mass is 705 g/mol.